The first-order valence-electron chi connectivity index (χ1n) is 5.35. The van der Waals surface area contributed by atoms with Gasteiger partial charge in [0.15, 0.2) is 0 Å². The summed E-state index contributed by atoms with van der Waals surface area (Å²) in [5.41, 5.74) is 5.53. The molecule has 1 aromatic rings. The predicted molar refractivity (Wildman–Crippen MR) is 61.9 cm³/mol. The first kappa shape index (κ1) is 13.5. The number of nitrogens with two attached hydrogens (primary N) is 1. The van der Waals surface area contributed by atoms with Gasteiger partial charge in [0.1, 0.15) is 5.84 Å². The Balaban J connectivity index is 2.92. The molecule has 0 aliphatic carbocycles. The summed E-state index contributed by atoms with van der Waals surface area (Å²) in [5, 5.41) is 0. The predicted octanol–water partition coefficient (Wildman–Crippen LogP) is 3.21. The second kappa shape index (κ2) is 5.21. The maximum Gasteiger partial charge on any atom is 0.416 e. The van der Waals surface area contributed by atoms with Crippen molar-refractivity contribution >= 4 is 5.84 Å². The highest BCUT2D eigenvalue weighted by molar-refractivity contribution is 5.97. The van der Waals surface area contributed by atoms with E-state index < -0.39 is 11.7 Å². The number of halogens is 3. The summed E-state index contributed by atoms with van der Waals surface area (Å²) in [6.07, 6.45) is -3.48. The SMILES string of the molecule is CCC(C)N=C(N)c1ccc(C(F)(F)F)cc1. The van der Waals surface area contributed by atoms with E-state index in [4.69, 9.17) is 5.73 Å². The van der Waals surface area contributed by atoms with E-state index >= 15 is 0 Å². The number of aliphatic imine (C=N–C) groups is 1. The first-order chi connectivity index (χ1) is 7.84. The fourth-order valence-corrected chi connectivity index (χ4v) is 1.23. The molecule has 0 bridgehead atoms. The quantitative estimate of drug-likeness (QED) is 0.643. The van der Waals surface area contributed by atoms with Crippen LogP contribution in [-0.4, -0.2) is 11.9 Å². The molecule has 2 N–H and O–H groups in total. The molecule has 0 aliphatic heterocycles. The van der Waals surface area contributed by atoms with Gasteiger partial charge in [0.2, 0.25) is 0 Å². The zero-order chi connectivity index (χ0) is 13.1. The first-order valence-corrected chi connectivity index (χ1v) is 5.35. The molecule has 2 nitrogen and oxygen atoms in total. The molecule has 0 heterocycles. The van der Waals surface area contributed by atoms with Crippen molar-refractivity contribution in [1.29, 1.82) is 0 Å². The molecule has 0 saturated carbocycles. The van der Waals surface area contributed by atoms with Crippen LogP contribution in [0.2, 0.25) is 0 Å². The lowest BCUT2D eigenvalue weighted by molar-refractivity contribution is -0.137. The second-order valence-corrected chi connectivity index (χ2v) is 3.85. The van der Waals surface area contributed by atoms with Crippen molar-refractivity contribution in [3.8, 4) is 0 Å². The summed E-state index contributed by atoms with van der Waals surface area (Å²) >= 11 is 0. The average Bonchev–Trinajstić information content (AvgIpc) is 2.27. The van der Waals surface area contributed by atoms with Crippen LogP contribution in [0.15, 0.2) is 29.3 Å². The van der Waals surface area contributed by atoms with E-state index in [1.54, 1.807) is 0 Å². The Hall–Kier alpha value is -1.52. The van der Waals surface area contributed by atoms with Gasteiger partial charge in [-0.3, -0.25) is 4.99 Å². The Morgan fingerprint density at radius 2 is 1.82 bits per heavy atom. The van der Waals surface area contributed by atoms with Gasteiger partial charge >= 0.3 is 6.18 Å². The van der Waals surface area contributed by atoms with Gasteiger partial charge in [-0.15, -0.1) is 0 Å². The van der Waals surface area contributed by atoms with E-state index in [0.29, 0.717) is 5.56 Å². The Labute approximate surface area is 98.4 Å². The number of hydrogen-bond acceptors (Lipinski definition) is 1. The monoisotopic (exact) mass is 244 g/mol. The second-order valence-electron chi connectivity index (χ2n) is 3.85. The van der Waals surface area contributed by atoms with Crippen LogP contribution in [0.4, 0.5) is 13.2 Å². The van der Waals surface area contributed by atoms with Crippen LogP contribution >= 0.6 is 0 Å². The summed E-state index contributed by atoms with van der Waals surface area (Å²) in [5.74, 6) is 0.271. The smallest absolute Gasteiger partial charge is 0.383 e. The molecular weight excluding hydrogens is 229 g/mol. The molecule has 0 saturated heterocycles. The van der Waals surface area contributed by atoms with Gasteiger partial charge in [-0.25, -0.2) is 0 Å². The molecule has 1 atom stereocenters. The number of nitrogens with zero attached hydrogens (tertiary/aromatic N) is 1. The average molecular weight is 244 g/mol. The van der Waals surface area contributed by atoms with E-state index in [9.17, 15) is 13.2 Å². The van der Waals surface area contributed by atoms with Crippen LogP contribution < -0.4 is 5.73 Å². The van der Waals surface area contributed by atoms with Crippen molar-refractivity contribution in [2.45, 2.75) is 32.5 Å². The lowest BCUT2D eigenvalue weighted by atomic mass is 10.1. The van der Waals surface area contributed by atoms with Crippen LogP contribution in [0, 0.1) is 0 Å². The fraction of sp³-hybridized carbons (Fsp3) is 0.417. The molecule has 0 fully saturated rings. The van der Waals surface area contributed by atoms with Gasteiger partial charge < -0.3 is 5.73 Å². The molecule has 0 aliphatic rings. The van der Waals surface area contributed by atoms with Gasteiger partial charge in [0.25, 0.3) is 0 Å². The topological polar surface area (TPSA) is 38.4 Å². The molecule has 5 heteroatoms. The summed E-state index contributed by atoms with van der Waals surface area (Å²) < 4.78 is 37.0. The highest BCUT2D eigenvalue weighted by Crippen LogP contribution is 2.29. The summed E-state index contributed by atoms with van der Waals surface area (Å²) in [7, 11) is 0. The fourth-order valence-electron chi connectivity index (χ4n) is 1.23. The maximum absolute atomic E-state index is 12.3. The molecule has 94 valence electrons. The van der Waals surface area contributed by atoms with Crippen molar-refractivity contribution in [2.24, 2.45) is 10.7 Å². The van der Waals surface area contributed by atoms with Gasteiger partial charge in [0, 0.05) is 11.6 Å². The number of benzene rings is 1. The summed E-state index contributed by atoms with van der Waals surface area (Å²) in [4.78, 5) is 4.17. The normalized spacial score (nSPS) is 14.8. The molecule has 1 rings (SSSR count). The molecule has 0 spiro atoms. The van der Waals surface area contributed by atoms with Crippen LogP contribution in [0.3, 0.4) is 0 Å². The Bertz CT molecular complexity index is 393. The highest BCUT2D eigenvalue weighted by atomic mass is 19.4. The molecule has 1 unspecified atom stereocenters. The van der Waals surface area contributed by atoms with Crippen molar-refractivity contribution in [3.05, 3.63) is 35.4 Å². The van der Waals surface area contributed by atoms with Gasteiger partial charge in [-0.2, -0.15) is 13.2 Å². The standard InChI is InChI=1S/C12H15F3N2/c1-3-8(2)17-11(16)9-4-6-10(7-5-9)12(13,14)15/h4-8H,3H2,1-2H3,(H2,16,17). The minimum absolute atomic E-state index is 0.0669. The molecular formula is C12H15F3N2. The van der Waals surface area contributed by atoms with E-state index in [2.05, 4.69) is 4.99 Å². The van der Waals surface area contributed by atoms with Crippen molar-refractivity contribution < 1.29 is 13.2 Å². The van der Waals surface area contributed by atoms with E-state index in [-0.39, 0.29) is 11.9 Å². The molecule has 0 amide bonds. The molecule has 1 aromatic carbocycles. The van der Waals surface area contributed by atoms with E-state index in [0.717, 1.165) is 18.6 Å². The molecule has 0 aromatic heterocycles. The van der Waals surface area contributed by atoms with E-state index in [1.165, 1.54) is 12.1 Å². The third kappa shape index (κ3) is 3.76. The Morgan fingerprint density at radius 1 is 1.29 bits per heavy atom. The lowest BCUT2D eigenvalue weighted by Crippen LogP contribution is -2.17. The lowest BCUT2D eigenvalue weighted by Gasteiger charge is -2.08. The Kier molecular flexibility index (Phi) is 4.15. The van der Waals surface area contributed by atoms with Crippen molar-refractivity contribution in [3.63, 3.8) is 0 Å². The van der Waals surface area contributed by atoms with Crippen LogP contribution in [0.25, 0.3) is 0 Å². The summed E-state index contributed by atoms with van der Waals surface area (Å²) in [6.45, 7) is 3.87. The van der Waals surface area contributed by atoms with Crippen LogP contribution in [-0.2, 0) is 6.18 Å². The number of hydrogen-bond donors (Lipinski definition) is 1. The highest BCUT2D eigenvalue weighted by Gasteiger charge is 2.29. The molecule has 0 radical (unpaired) electrons. The largest absolute Gasteiger partial charge is 0.416 e. The van der Waals surface area contributed by atoms with Crippen molar-refractivity contribution in [2.75, 3.05) is 0 Å². The van der Waals surface area contributed by atoms with Crippen LogP contribution in [0.1, 0.15) is 31.4 Å². The van der Waals surface area contributed by atoms with E-state index in [1.807, 2.05) is 13.8 Å². The van der Waals surface area contributed by atoms with Crippen molar-refractivity contribution in [1.82, 2.24) is 0 Å². The number of rotatable bonds is 3. The zero-order valence-electron chi connectivity index (χ0n) is 9.75. The maximum atomic E-state index is 12.3. The third-order valence-electron chi connectivity index (χ3n) is 2.46. The van der Waals surface area contributed by atoms with Crippen LogP contribution in [0.5, 0.6) is 0 Å². The minimum atomic E-state index is -4.32. The van der Waals surface area contributed by atoms with Gasteiger partial charge in [-0.1, -0.05) is 19.1 Å². The van der Waals surface area contributed by atoms with Gasteiger partial charge in [0.05, 0.1) is 5.56 Å². The minimum Gasteiger partial charge on any atom is -0.383 e. The Morgan fingerprint density at radius 3 is 2.24 bits per heavy atom. The summed E-state index contributed by atoms with van der Waals surface area (Å²) in [6, 6.07) is 4.76. The van der Waals surface area contributed by atoms with Gasteiger partial charge in [-0.05, 0) is 25.5 Å². The zero-order valence-corrected chi connectivity index (χ0v) is 9.75. The third-order valence-corrected chi connectivity index (χ3v) is 2.46. The number of alkyl halides is 3. The number of amidine groups is 1. The molecule has 17 heavy (non-hydrogen) atoms.